The number of hydrogen-bond donors (Lipinski definition) is 1. The Morgan fingerprint density at radius 1 is 1.26 bits per heavy atom. The zero-order chi connectivity index (χ0) is 21.7. The van der Waals surface area contributed by atoms with Crippen LogP contribution in [0.4, 0.5) is 0 Å². The van der Waals surface area contributed by atoms with Crippen LogP contribution < -0.4 is 10.4 Å². The molecule has 0 saturated carbocycles. The standard InChI is InChI=1S/C23H28N6O2/c1-14(2)17-10-20-19(26-23(30)29(20)16-6-5-7-27(3)12-16)9-18(17)15-8-21(31-4)22-24-13-25-28(22)11-15/h8-11,13-14,16H,5-7,12H2,1-4H3,(H,26,30)/t16-/m0/s1. The summed E-state index contributed by atoms with van der Waals surface area (Å²) in [5.41, 5.74) is 5.71. The molecule has 0 unspecified atom stereocenters. The van der Waals surface area contributed by atoms with Crippen LogP contribution >= 0.6 is 0 Å². The van der Waals surface area contributed by atoms with Crippen LogP contribution in [-0.4, -0.2) is 56.3 Å². The van der Waals surface area contributed by atoms with E-state index in [4.69, 9.17) is 4.74 Å². The van der Waals surface area contributed by atoms with E-state index in [-0.39, 0.29) is 17.6 Å². The molecule has 4 heterocycles. The number of pyridine rings is 1. The molecule has 0 spiro atoms. The van der Waals surface area contributed by atoms with E-state index in [1.54, 1.807) is 11.6 Å². The Hall–Kier alpha value is -3.13. The summed E-state index contributed by atoms with van der Waals surface area (Å²) in [6.07, 6.45) is 5.61. The average Bonchev–Trinajstić information content (AvgIpc) is 3.34. The Morgan fingerprint density at radius 3 is 2.84 bits per heavy atom. The third-order valence-corrected chi connectivity index (χ3v) is 6.35. The molecule has 162 valence electrons. The second kappa shape index (κ2) is 7.53. The molecular weight excluding hydrogens is 392 g/mol. The fourth-order valence-corrected chi connectivity index (χ4v) is 4.82. The highest BCUT2D eigenvalue weighted by Gasteiger charge is 2.24. The van der Waals surface area contributed by atoms with Crippen molar-refractivity contribution < 1.29 is 4.74 Å². The summed E-state index contributed by atoms with van der Waals surface area (Å²) >= 11 is 0. The summed E-state index contributed by atoms with van der Waals surface area (Å²) in [5, 5.41) is 4.30. The predicted octanol–water partition coefficient (Wildman–Crippen LogP) is 3.44. The molecule has 1 fully saturated rings. The van der Waals surface area contributed by atoms with Gasteiger partial charge >= 0.3 is 5.69 Å². The molecule has 0 radical (unpaired) electrons. The molecule has 1 aliphatic heterocycles. The normalized spacial score (nSPS) is 17.8. The summed E-state index contributed by atoms with van der Waals surface area (Å²) in [6.45, 7) is 6.34. The number of likely N-dealkylation sites (N-methyl/N-ethyl adjacent to an activating group) is 1. The van der Waals surface area contributed by atoms with E-state index in [9.17, 15) is 4.79 Å². The number of ether oxygens (including phenoxy) is 1. The van der Waals surface area contributed by atoms with Gasteiger partial charge in [0.05, 0.1) is 24.2 Å². The third kappa shape index (κ3) is 3.31. The first kappa shape index (κ1) is 19.8. The first-order chi connectivity index (χ1) is 15.0. The van der Waals surface area contributed by atoms with Crippen LogP contribution in [0.15, 0.2) is 35.5 Å². The second-order valence-corrected chi connectivity index (χ2v) is 8.80. The fraction of sp³-hybridized carbons (Fsp3) is 0.435. The average molecular weight is 421 g/mol. The molecule has 8 nitrogen and oxygen atoms in total. The van der Waals surface area contributed by atoms with Gasteiger partial charge in [-0.2, -0.15) is 5.10 Å². The lowest BCUT2D eigenvalue weighted by atomic mass is 9.92. The highest BCUT2D eigenvalue weighted by Crippen LogP contribution is 2.36. The van der Waals surface area contributed by atoms with Gasteiger partial charge in [0.1, 0.15) is 6.33 Å². The predicted molar refractivity (Wildman–Crippen MR) is 121 cm³/mol. The summed E-state index contributed by atoms with van der Waals surface area (Å²) in [6, 6.07) is 6.45. The number of nitrogens with zero attached hydrogens (tertiary/aromatic N) is 5. The number of likely N-dealkylation sites (tertiary alicyclic amines) is 1. The number of fused-ring (bicyclic) bond motifs is 2. The van der Waals surface area contributed by atoms with Gasteiger partial charge in [0.2, 0.25) is 0 Å². The molecule has 0 aliphatic carbocycles. The first-order valence-electron chi connectivity index (χ1n) is 10.8. The smallest absolute Gasteiger partial charge is 0.326 e. The van der Waals surface area contributed by atoms with Crippen LogP contribution in [0.25, 0.3) is 27.8 Å². The molecule has 8 heteroatoms. The highest BCUT2D eigenvalue weighted by molar-refractivity contribution is 5.85. The van der Waals surface area contributed by atoms with E-state index in [1.165, 1.54) is 11.9 Å². The molecule has 3 aromatic heterocycles. The number of hydrogen-bond acceptors (Lipinski definition) is 5. The SMILES string of the molecule is COc1cc(-c2cc3[nH]c(=O)n([C@H]4CCCN(C)C4)c3cc2C(C)C)cn2ncnc12. The molecule has 1 saturated heterocycles. The minimum atomic E-state index is -0.0357. The summed E-state index contributed by atoms with van der Waals surface area (Å²) in [7, 11) is 3.76. The Balaban J connectivity index is 1.71. The van der Waals surface area contributed by atoms with Gasteiger partial charge in [0, 0.05) is 18.3 Å². The maximum Gasteiger partial charge on any atom is 0.326 e. The number of methoxy groups -OCH3 is 1. The quantitative estimate of drug-likeness (QED) is 0.547. The number of benzene rings is 1. The van der Waals surface area contributed by atoms with E-state index in [0.717, 1.165) is 48.1 Å². The van der Waals surface area contributed by atoms with Crippen molar-refractivity contribution in [3.63, 3.8) is 0 Å². The van der Waals surface area contributed by atoms with Crippen molar-refractivity contribution in [3.05, 3.63) is 46.8 Å². The number of aromatic amines is 1. The molecule has 5 rings (SSSR count). The maximum atomic E-state index is 13.0. The highest BCUT2D eigenvalue weighted by atomic mass is 16.5. The van der Waals surface area contributed by atoms with Gasteiger partial charge in [0.15, 0.2) is 11.4 Å². The Labute approximate surface area is 180 Å². The van der Waals surface area contributed by atoms with E-state index in [2.05, 4.69) is 53.0 Å². The van der Waals surface area contributed by atoms with Crippen molar-refractivity contribution in [2.75, 3.05) is 27.2 Å². The van der Waals surface area contributed by atoms with Crippen molar-refractivity contribution in [1.82, 2.24) is 29.0 Å². The van der Waals surface area contributed by atoms with Crippen LogP contribution in [0.5, 0.6) is 5.75 Å². The van der Waals surface area contributed by atoms with Crippen molar-refractivity contribution in [3.8, 4) is 16.9 Å². The van der Waals surface area contributed by atoms with E-state index in [0.29, 0.717) is 11.4 Å². The lowest BCUT2D eigenvalue weighted by Gasteiger charge is -2.30. The number of H-pyrrole nitrogens is 1. The number of imidazole rings is 1. The van der Waals surface area contributed by atoms with Crippen LogP contribution in [0.3, 0.4) is 0 Å². The summed E-state index contributed by atoms with van der Waals surface area (Å²) < 4.78 is 9.25. The summed E-state index contributed by atoms with van der Waals surface area (Å²) in [4.78, 5) is 22.6. The first-order valence-corrected chi connectivity index (χ1v) is 10.8. The van der Waals surface area contributed by atoms with Gasteiger partial charge in [-0.3, -0.25) is 4.57 Å². The molecule has 1 atom stereocenters. The molecule has 1 aliphatic rings. The molecule has 31 heavy (non-hydrogen) atoms. The fourth-order valence-electron chi connectivity index (χ4n) is 4.82. The minimum absolute atomic E-state index is 0.0357. The molecular formula is C23H28N6O2. The van der Waals surface area contributed by atoms with Crippen LogP contribution in [0.1, 0.15) is 44.2 Å². The van der Waals surface area contributed by atoms with Crippen LogP contribution in [0, 0.1) is 0 Å². The van der Waals surface area contributed by atoms with Gasteiger partial charge < -0.3 is 14.6 Å². The molecule has 0 bridgehead atoms. The van der Waals surface area contributed by atoms with E-state index >= 15 is 0 Å². The van der Waals surface area contributed by atoms with Crippen molar-refractivity contribution in [2.45, 2.75) is 38.6 Å². The van der Waals surface area contributed by atoms with E-state index in [1.807, 2.05) is 16.8 Å². The van der Waals surface area contributed by atoms with Crippen molar-refractivity contribution in [1.29, 1.82) is 0 Å². The van der Waals surface area contributed by atoms with E-state index < -0.39 is 0 Å². The van der Waals surface area contributed by atoms with Crippen LogP contribution in [0.2, 0.25) is 0 Å². The molecule has 1 aromatic carbocycles. The number of rotatable bonds is 4. The Kier molecular flexibility index (Phi) is 4.81. The monoisotopic (exact) mass is 420 g/mol. The molecule has 4 aromatic rings. The number of piperidine rings is 1. The summed E-state index contributed by atoms with van der Waals surface area (Å²) in [5.74, 6) is 0.949. The van der Waals surface area contributed by atoms with Gasteiger partial charge in [-0.05, 0) is 61.7 Å². The second-order valence-electron chi connectivity index (χ2n) is 8.80. The van der Waals surface area contributed by atoms with Gasteiger partial charge in [-0.25, -0.2) is 14.3 Å². The van der Waals surface area contributed by atoms with Crippen molar-refractivity contribution in [2.24, 2.45) is 0 Å². The van der Waals surface area contributed by atoms with Gasteiger partial charge in [-0.15, -0.1) is 0 Å². The topological polar surface area (TPSA) is 80.5 Å². The number of nitrogens with one attached hydrogen (secondary N) is 1. The van der Waals surface area contributed by atoms with Crippen molar-refractivity contribution >= 4 is 16.7 Å². The molecule has 0 amide bonds. The maximum absolute atomic E-state index is 13.0. The largest absolute Gasteiger partial charge is 0.493 e. The van der Waals surface area contributed by atoms with Gasteiger partial charge in [-0.1, -0.05) is 13.8 Å². The zero-order valence-corrected chi connectivity index (χ0v) is 18.4. The Morgan fingerprint density at radius 2 is 2.10 bits per heavy atom. The zero-order valence-electron chi connectivity index (χ0n) is 18.4. The van der Waals surface area contributed by atoms with Gasteiger partial charge in [0.25, 0.3) is 0 Å². The lowest BCUT2D eigenvalue weighted by Crippen LogP contribution is -2.36. The Bertz CT molecular complexity index is 1320. The molecule has 1 N–H and O–H groups in total. The minimum Gasteiger partial charge on any atom is -0.493 e. The van der Waals surface area contributed by atoms with Crippen LogP contribution in [-0.2, 0) is 0 Å². The third-order valence-electron chi connectivity index (χ3n) is 6.35. The lowest BCUT2D eigenvalue weighted by molar-refractivity contribution is 0.212. The number of aromatic nitrogens is 5.